The van der Waals surface area contributed by atoms with Gasteiger partial charge in [0.2, 0.25) is 11.8 Å². The van der Waals surface area contributed by atoms with Gasteiger partial charge in [-0.3, -0.25) is 14.9 Å². The summed E-state index contributed by atoms with van der Waals surface area (Å²) in [6.07, 6.45) is 4.01. The van der Waals surface area contributed by atoms with Gasteiger partial charge in [0.05, 0.1) is 0 Å². The van der Waals surface area contributed by atoms with Gasteiger partial charge in [-0.25, -0.2) is 0 Å². The summed E-state index contributed by atoms with van der Waals surface area (Å²) in [4.78, 5) is 22.2. The molecule has 0 bridgehead atoms. The molecular weight excluding hydrogens is 142 g/mol. The van der Waals surface area contributed by atoms with Crippen LogP contribution in [0.2, 0.25) is 0 Å². The molecule has 0 aromatic carbocycles. The maximum Gasteiger partial charge on any atom is 0.230 e. The SMILES string of the molecule is O=C1NC(=O)[C@@H]2CCCCC12. The summed E-state index contributed by atoms with van der Waals surface area (Å²) < 4.78 is 0. The average molecular weight is 153 g/mol. The molecule has 2 fully saturated rings. The van der Waals surface area contributed by atoms with Crippen LogP contribution in [0.4, 0.5) is 0 Å². The van der Waals surface area contributed by atoms with Crippen LogP contribution in [0.25, 0.3) is 0 Å². The summed E-state index contributed by atoms with van der Waals surface area (Å²) in [5.74, 6) is -0.0631. The molecule has 1 aliphatic heterocycles. The van der Waals surface area contributed by atoms with Gasteiger partial charge in [0, 0.05) is 11.8 Å². The summed E-state index contributed by atoms with van der Waals surface area (Å²) >= 11 is 0. The standard InChI is InChI=1S/C8H11NO2/c10-7-5-3-1-2-4-6(5)8(11)9-7/h5-6H,1-4H2,(H,9,10,11)/t5-,6?/m1/s1. The van der Waals surface area contributed by atoms with E-state index >= 15 is 0 Å². The van der Waals surface area contributed by atoms with E-state index in [1.165, 1.54) is 0 Å². The van der Waals surface area contributed by atoms with Crippen molar-refractivity contribution in [2.45, 2.75) is 25.7 Å². The first-order valence-corrected chi connectivity index (χ1v) is 4.14. The van der Waals surface area contributed by atoms with Gasteiger partial charge in [-0.05, 0) is 12.8 Å². The molecule has 0 radical (unpaired) electrons. The Morgan fingerprint density at radius 2 is 1.45 bits per heavy atom. The second kappa shape index (κ2) is 2.32. The monoisotopic (exact) mass is 153 g/mol. The topological polar surface area (TPSA) is 46.2 Å². The maximum absolute atomic E-state index is 11.1. The number of hydrogen-bond donors (Lipinski definition) is 1. The number of rotatable bonds is 0. The average Bonchev–Trinajstić information content (AvgIpc) is 2.30. The highest BCUT2D eigenvalue weighted by Crippen LogP contribution is 2.33. The van der Waals surface area contributed by atoms with Crippen LogP contribution < -0.4 is 5.32 Å². The Morgan fingerprint density at radius 1 is 1.00 bits per heavy atom. The van der Waals surface area contributed by atoms with Crippen LogP contribution in [0.1, 0.15) is 25.7 Å². The van der Waals surface area contributed by atoms with E-state index < -0.39 is 0 Å². The first-order chi connectivity index (χ1) is 5.29. The molecule has 2 amide bonds. The number of carbonyl (C=O) groups is 2. The minimum Gasteiger partial charge on any atom is -0.296 e. The lowest BCUT2D eigenvalue weighted by Gasteiger charge is -2.19. The molecule has 0 aromatic rings. The van der Waals surface area contributed by atoms with Crippen molar-refractivity contribution >= 4 is 11.8 Å². The van der Waals surface area contributed by atoms with Crippen LogP contribution in [-0.2, 0) is 9.59 Å². The Balaban J connectivity index is 2.19. The van der Waals surface area contributed by atoms with E-state index in [-0.39, 0.29) is 23.7 Å². The van der Waals surface area contributed by atoms with Crippen LogP contribution in [0.3, 0.4) is 0 Å². The van der Waals surface area contributed by atoms with E-state index in [0.717, 1.165) is 25.7 Å². The van der Waals surface area contributed by atoms with Crippen LogP contribution in [0.5, 0.6) is 0 Å². The van der Waals surface area contributed by atoms with E-state index in [4.69, 9.17) is 0 Å². The van der Waals surface area contributed by atoms with Gasteiger partial charge in [-0.2, -0.15) is 0 Å². The molecule has 1 saturated heterocycles. The van der Waals surface area contributed by atoms with Crippen LogP contribution in [-0.4, -0.2) is 11.8 Å². The van der Waals surface area contributed by atoms with Gasteiger partial charge in [0.1, 0.15) is 0 Å². The third-order valence-electron chi connectivity index (χ3n) is 2.69. The lowest BCUT2D eigenvalue weighted by atomic mass is 9.81. The van der Waals surface area contributed by atoms with Crippen molar-refractivity contribution in [1.82, 2.24) is 5.32 Å². The first-order valence-electron chi connectivity index (χ1n) is 4.14. The zero-order valence-corrected chi connectivity index (χ0v) is 6.30. The molecular formula is C8H11NO2. The van der Waals surface area contributed by atoms with E-state index in [2.05, 4.69) is 5.32 Å². The summed E-state index contributed by atoms with van der Waals surface area (Å²) in [5.41, 5.74) is 0. The Labute approximate surface area is 65.2 Å². The third kappa shape index (κ3) is 0.951. The zero-order valence-electron chi connectivity index (χ0n) is 6.30. The van der Waals surface area contributed by atoms with Crippen molar-refractivity contribution in [3.05, 3.63) is 0 Å². The largest absolute Gasteiger partial charge is 0.296 e. The Hall–Kier alpha value is -0.860. The lowest BCUT2D eigenvalue weighted by molar-refractivity contribution is -0.126. The second-order valence-corrected chi connectivity index (χ2v) is 3.35. The van der Waals surface area contributed by atoms with E-state index in [1.54, 1.807) is 0 Å². The van der Waals surface area contributed by atoms with Crippen LogP contribution >= 0.6 is 0 Å². The smallest absolute Gasteiger partial charge is 0.230 e. The molecule has 3 nitrogen and oxygen atoms in total. The molecule has 2 atom stereocenters. The maximum atomic E-state index is 11.1. The fourth-order valence-electron chi connectivity index (χ4n) is 2.07. The number of hydrogen-bond acceptors (Lipinski definition) is 2. The number of fused-ring (bicyclic) bond motifs is 1. The van der Waals surface area contributed by atoms with Gasteiger partial charge >= 0.3 is 0 Å². The van der Waals surface area contributed by atoms with Gasteiger partial charge in [0.25, 0.3) is 0 Å². The molecule has 0 aromatic heterocycles. The number of amides is 2. The van der Waals surface area contributed by atoms with Crippen molar-refractivity contribution in [2.75, 3.05) is 0 Å². The molecule has 1 saturated carbocycles. The molecule has 3 heteroatoms. The predicted octanol–water partition coefficient (Wildman–Crippen LogP) is 0.449. The number of imide groups is 1. The second-order valence-electron chi connectivity index (χ2n) is 3.35. The predicted molar refractivity (Wildman–Crippen MR) is 38.6 cm³/mol. The molecule has 11 heavy (non-hydrogen) atoms. The van der Waals surface area contributed by atoms with Crippen LogP contribution in [0, 0.1) is 11.8 Å². The molecule has 1 unspecified atom stereocenters. The van der Waals surface area contributed by atoms with Gasteiger partial charge in [-0.15, -0.1) is 0 Å². The van der Waals surface area contributed by atoms with Crippen molar-refractivity contribution in [3.8, 4) is 0 Å². The van der Waals surface area contributed by atoms with Gasteiger partial charge < -0.3 is 0 Å². The molecule has 2 rings (SSSR count). The lowest BCUT2D eigenvalue weighted by Crippen LogP contribution is -2.21. The number of carbonyl (C=O) groups excluding carboxylic acids is 2. The Morgan fingerprint density at radius 3 is 1.91 bits per heavy atom. The van der Waals surface area contributed by atoms with E-state index in [9.17, 15) is 9.59 Å². The van der Waals surface area contributed by atoms with Crippen LogP contribution in [0.15, 0.2) is 0 Å². The summed E-state index contributed by atoms with van der Waals surface area (Å²) in [5, 5.41) is 2.38. The van der Waals surface area contributed by atoms with E-state index in [0.29, 0.717) is 0 Å². The van der Waals surface area contributed by atoms with Crippen molar-refractivity contribution < 1.29 is 9.59 Å². The van der Waals surface area contributed by atoms with Crippen molar-refractivity contribution in [1.29, 1.82) is 0 Å². The number of nitrogens with one attached hydrogen (secondary N) is 1. The zero-order chi connectivity index (χ0) is 7.84. The van der Waals surface area contributed by atoms with Gasteiger partial charge in [0.15, 0.2) is 0 Å². The Bertz CT molecular complexity index is 190. The minimum absolute atomic E-state index is 0.0104. The highest BCUT2D eigenvalue weighted by molar-refractivity contribution is 6.05. The quantitative estimate of drug-likeness (QED) is 0.513. The molecule has 1 aliphatic carbocycles. The minimum atomic E-state index is -0.0419. The fraction of sp³-hybridized carbons (Fsp3) is 0.750. The highest BCUT2D eigenvalue weighted by atomic mass is 16.2. The van der Waals surface area contributed by atoms with E-state index in [1.807, 2.05) is 0 Å². The van der Waals surface area contributed by atoms with Crippen molar-refractivity contribution in [3.63, 3.8) is 0 Å². The Kier molecular flexibility index (Phi) is 1.44. The van der Waals surface area contributed by atoms with Crippen molar-refractivity contribution in [2.24, 2.45) is 11.8 Å². The first kappa shape index (κ1) is 6.83. The fourth-order valence-corrected chi connectivity index (χ4v) is 2.07. The molecule has 2 aliphatic rings. The molecule has 60 valence electrons. The molecule has 1 N–H and O–H groups in total. The molecule has 1 heterocycles. The summed E-state index contributed by atoms with van der Waals surface area (Å²) in [6, 6.07) is 0. The molecule has 0 spiro atoms. The normalized spacial score (nSPS) is 36.7. The summed E-state index contributed by atoms with van der Waals surface area (Å²) in [6.45, 7) is 0. The highest BCUT2D eigenvalue weighted by Gasteiger charge is 2.42. The van der Waals surface area contributed by atoms with Gasteiger partial charge in [-0.1, -0.05) is 12.8 Å². The summed E-state index contributed by atoms with van der Waals surface area (Å²) in [7, 11) is 0. The third-order valence-corrected chi connectivity index (χ3v) is 2.69.